The minimum absolute atomic E-state index is 0.0338. The summed E-state index contributed by atoms with van der Waals surface area (Å²) in [5.74, 6) is 0. The summed E-state index contributed by atoms with van der Waals surface area (Å²) in [6.07, 6.45) is -4.51. The van der Waals surface area contributed by atoms with Crippen LogP contribution in [-0.4, -0.2) is 31.5 Å². The van der Waals surface area contributed by atoms with Gasteiger partial charge in [-0.05, 0) is 19.9 Å². The molecular formula is C11H19F3N2O. The molecule has 0 fully saturated rings. The maximum absolute atomic E-state index is 11.8. The lowest BCUT2D eigenvalue weighted by molar-refractivity contribution is -0.137. The van der Waals surface area contributed by atoms with Crippen LogP contribution in [0, 0.1) is 11.3 Å². The maximum atomic E-state index is 11.8. The normalized spacial score (nSPS) is 15.3. The van der Waals surface area contributed by atoms with E-state index >= 15 is 0 Å². The van der Waals surface area contributed by atoms with Crippen LogP contribution >= 0.6 is 0 Å². The van der Waals surface area contributed by atoms with Gasteiger partial charge in [0.15, 0.2) is 0 Å². The molecule has 0 aromatic heterocycles. The summed E-state index contributed by atoms with van der Waals surface area (Å²) in [4.78, 5) is 0. The van der Waals surface area contributed by atoms with E-state index in [4.69, 9.17) is 10.00 Å². The second-order valence-corrected chi connectivity index (χ2v) is 4.06. The maximum Gasteiger partial charge on any atom is 0.389 e. The predicted molar refractivity (Wildman–Crippen MR) is 58.4 cm³/mol. The summed E-state index contributed by atoms with van der Waals surface area (Å²) in [7, 11) is 0. The topological polar surface area (TPSA) is 45.0 Å². The highest BCUT2D eigenvalue weighted by atomic mass is 19.4. The zero-order valence-electron chi connectivity index (χ0n) is 10.2. The van der Waals surface area contributed by atoms with Gasteiger partial charge in [0.05, 0.1) is 6.07 Å². The molecule has 1 unspecified atom stereocenters. The third kappa shape index (κ3) is 8.95. The molecule has 1 N–H and O–H groups in total. The minimum atomic E-state index is -4.12. The number of ether oxygens (including phenoxy) is 1. The van der Waals surface area contributed by atoms with Crippen molar-refractivity contribution < 1.29 is 17.9 Å². The first-order valence-corrected chi connectivity index (χ1v) is 5.64. The number of alkyl halides is 3. The monoisotopic (exact) mass is 252 g/mol. The number of halogens is 3. The van der Waals surface area contributed by atoms with Gasteiger partial charge < -0.3 is 4.74 Å². The SMILES string of the molecule is CCNC(C)(C#N)CCOCCCC(F)(F)F. The molecule has 0 aromatic rings. The lowest BCUT2D eigenvalue weighted by Gasteiger charge is -2.22. The summed E-state index contributed by atoms with van der Waals surface area (Å²) in [5.41, 5.74) is -0.668. The van der Waals surface area contributed by atoms with E-state index in [1.165, 1.54) is 0 Å². The van der Waals surface area contributed by atoms with Crippen LogP contribution in [0.25, 0.3) is 0 Å². The number of nitrogens with zero attached hydrogens (tertiary/aromatic N) is 1. The van der Waals surface area contributed by atoms with Crippen LogP contribution in [0.15, 0.2) is 0 Å². The third-order valence-corrected chi connectivity index (χ3v) is 2.31. The van der Waals surface area contributed by atoms with Crippen molar-refractivity contribution in [3.8, 4) is 6.07 Å². The summed E-state index contributed by atoms with van der Waals surface area (Å²) in [6, 6.07) is 2.12. The number of nitrogens with one attached hydrogen (secondary N) is 1. The van der Waals surface area contributed by atoms with E-state index in [1.54, 1.807) is 6.92 Å². The molecule has 0 aliphatic carbocycles. The Kier molecular flexibility index (Phi) is 7.16. The van der Waals surface area contributed by atoms with Gasteiger partial charge in [0.25, 0.3) is 0 Å². The molecule has 0 saturated carbocycles. The predicted octanol–water partition coefficient (Wildman–Crippen LogP) is 2.63. The quantitative estimate of drug-likeness (QED) is 0.675. The minimum Gasteiger partial charge on any atom is -0.381 e. The van der Waals surface area contributed by atoms with Crippen molar-refractivity contribution in [3.05, 3.63) is 0 Å². The third-order valence-electron chi connectivity index (χ3n) is 2.31. The molecule has 0 saturated heterocycles. The Morgan fingerprint density at radius 3 is 2.35 bits per heavy atom. The molecule has 0 aliphatic heterocycles. The Hall–Kier alpha value is -0.800. The number of hydrogen-bond donors (Lipinski definition) is 1. The Morgan fingerprint density at radius 1 is 1.24 bits per heavy atom. The molecule has 0 amide bonds. The van der Waals surface area contributed by atoms with Gasteiger partial charge >= 0.3 is 6.18 Å². The first-order valence-electron chi connectivity index (χ1n) is 5.64. The highest BCUT2D eigenvalue weighted by Gasteiger charge is 2.26. The number of hydrogen-bond acceptors (Lipinski definition) is 3. The number of nitriles is 1. The molecule has 0 rings (SSSR count). The van der Waals surface area contributed by atoms with Crippen LogP contribution in [-0.2, 0) is 4.74 Å². The Morgan fingerprint density at radius 2 is 1.88 bits per heavy atom. The van der Waals surface area contributed by atoms with Crippen molar-refractivity contribution in [2.45, 2.75) is 44.8 Å². The second kappa shape index (κ2) is 7.51. The fourth-order valence-electron chi connectivity index (χ4n) is 1.33. The van der Waals surface area contributed by atoms with Gasteiger partial charge in [-0.15, -0.1) is 0 Å². The molecular weight excluding hydrogens is 233 g/mol. The molecule has 0 aromatic carbocycles. The molecule has 0 heterocycles. The average Bonchev–Trinajstić information content (AvgIpc) is 2.22. The van der Waals surface area contributed by atoms with Crippen molar-refractivity contribution in [2.75, 3.05) is 19.8 Å². The van der Waals surface area contributed by atoms with Crippen LogP contribution in [0.2, 0.25) is 0 Å². The van der Waals surface area contributed by atoms with Crippen molar-refractivity contribution in [3.63, 3.8) is 0 Å². The van der Waals surface area contributed by atoms with Gasteiger partial charge in [-0.3, -0.25) is 5.32 Å². The average molecular weight is 252 g/mol. The van der Waals surface area contributed by atoms with Gasteiger partial charge in [-0.1, -0.05) is 6.92 Å². The van der Waals surface area contributed by atoms with Crippen LogP contribution < -0.4 is 5.32 Å². The lowest BCUT2D eigenvalue weighted by atomic mass is 10.0. The Labute approximate surface area is 99.9 Å². The molecule has 100 valence electrons. The van der Waals surface area contributed by atoms with Crippen molar-refractivity contribution in [2.24, 2.45) is 0 Å². The fraction of sp³-hybridized carbons (Fsp3) is 0.909. The smallest absolute Gasteiger partial charge is 0.381 e. The summed E-state index contributed by atoms with van der Waals surface area (Å²) in [6.45, 7) is 4.66. The van der Waals surface area contributed by atoms with Crippen molar-refractivity contribution >= 4 is 0 Å². The molecule has 0 radical (unpaired) electrons. The Bertz CT molecular complexity index is 250. The van der Waals surface area contributed by atoms with E-state index in [0.717, 1.165) is 0 Å². The molecule has 0 spiro atoms. The summed E-state index contributed by atoms with van der Waals surface area (Å²) < 4.78 is 40.5. The molecule has 6 heteroatoms. The molecule has 1 atom stereocenters. The van der Waals surface area contributed by atoms with Crippen LogP contribution in [0.1, 0.15) is 33.1 Å². The van der Waals surface area contributed by atoms with Gasteiger partial charge in [0.2, 0.25) is 0 Å². The van der Waals surface area contributed by atoms with E-state index in [1.807, 2.05) is 6.92 Å². The summed E-state index contributed by atoms with van der Waals surface area (Å²) >= 11 is 0. The van der Waals surface area contributed by atoms with Crippen molar-refractivity contribution in [1.29, 1.82) is 5.26 Å². The zero-order chi connectivity index (χ0) is 13.4. The van der Waals surface area contributed by atoms with Gasteiger partial charge in [-0.2, -0.15) is 18.4 Å². The van der Waals surface area contributed by atoms with Crippen LogP contribution in [0.4, 0.5) is 13.2 Å². The zero-order valence-corrected chi connectivity index (χ0v) is 10.2. The van der Waals surface area contributed by atoms with Gasteiger partial charge in [-0.25, -0.2) is 0 Å². The van der Waals surface area contributed by atoms with E-state index in [0.29, 0.717) is 13.0 Å². The first-order chi connectivity index (χ1) is 7.83. The number of rotatable bonds is 8. The van der Waals surface area contributed by atoms with E-state index in [9.17, 15) is 13.2 Å². The highest BCUT2D eigenvalue weighted by molar-refractivity contribution is 5.03. The van der Waals surface area contributed by atoms with Crippen LogP contribution in [0.3, 0.4) is 0 Å². The lowest BCUT2D eigenvalue weighted by Crippen LogP contribution is -2.41. The highest BCUT2D eigenvalue weighted by Crippen LogP contribution is 2.21. The summed E-state index contributed by atoms with van der Waals surface area (Å²) in [5, 5.41) is 11.9. The van der Waals surface area contributed by atoms with E-state index in [2.05, 4.69) is 11.4 Å². The standard InChI is InChI=1S/C11H19F3N2O/c1-3-16-10(2,9-15)6-8-17-7-4-5-11(12,13)14/h16H,3-8H2,1-2H3. The Balaban J connectivity index is 3.61. The first kappa shape index (κ1) is 16.2. The largest absolute Gasteiger partial charge is 0.389 e. The van der Waals surface area contributed by atoms with E-state index < -0.39 is 18.1 Å². The van der Waals surface area contributed by atoms with Crippen molar-refractivity contribution in [1.82, 2.24) is 5.32 Å². The van der Waals surface area contributed by atoms with Gasteiger partial charge in [0, 0.05) is 26.1 Å². The van der Waals surface area contributed by atoms with Gasteiger partial charge in [0.1, 0.15) is 5.54 Å². The fourth-order valence-corrected chi connectivity index (χ4v) is 1.33. The van der Waals surface area contributed by atoms with Crippen LogP contribution in [0.5, 0.6) is 0 Å². The molecule has 3 nitrogen and oxygen atoms in total. The molecule has 0 aliphatic rings. The second-order valence-electron chi connectivity index (χ2n) is 4.06. The molecule has 0 bridgehead atoms. The molecule has 17 heavy (non-hydrogen) atoms. The van der Waals surface area contributed by atoms with E-state index in [-0.39, 0.29) is 19.6 Å².